The normalized spacial score (nSPS) is 18.1. The molecule has 2 aliphatic rings. The van der Waals surface area contributed by atoms with E-state index in [1.807, 2.05) is 40.8 Å². The molecule has 2 aromatic heterocycles. The van der Waals surface area contributed by atoms with Gasteiger partial charge in [0.1, 0.15) is 6.61 Å². The summed E-state index contributed by atoms with van der Waals surface area (Å²) in [6.45, 7) is 7.24. The SMILES string of the molecule is Cc1ccc(-n2nc(C)c3sc(N4CCCN(C(=O)C5COc6ccccc6O5)CC4)nc32)cc1. The second-order valence-electron chi connectivity index (χ2n) is 9.01. The monoisotopic (exact) mass is 489 g/mol. The minimum Gasteiger partial charge on any atom is -0.485 e. The molecule has 0 bridgehead atoms. The number of rotatable bonds is 3. The molecule has 0 aliphatic carbocycles. The fraction of sp³-hybridized carbons (Fsp3) is 0.346. The Morgan fingerprint density at radius 2 is 1.80 bits per heavy atom. The summed E-state index contributed by atoms with van der Waals surface area (Å²) in [4.78, 5) is 22.4. The summed E-state index contributed by atoms with van der Waals surface area (Å²) in [5.74, 6) is 1.30. The molecule has 0 saturated carbocycles. The van der Waals surface area contributed by atoms with Crippen molar-refractivity contribution in [3.05, 3.63) is 59.8 Å². The molecular weight excluding hydrogens is 462 g/mol. The molecule has 0 spiro atoms. The number of para-hydroxylation sites is 2. The third-order valence-corrected chi connectivity index (χ3v) is 7.73. The maximum atomic E-state index is 13.2. The van der Waals surface area contributed by atoms with Gasteiger partial charge < -0.3 is 19.3 Å². The average molecular weight is 490 g/mol. The summed E-state index contributed by atoms with van der Waals surface area (Å²) in [6, 6.07) is 15.8. The standard InChI is InChI=1S/C26H27N5O3S/c1-17-8-10-19(11-9-17)31-24-23(18(2)28-31)35-26(27-24)30-13-5-12-29(14-15-30)25(32)22-16-33-20-6-3-4-7-21(20)34-22/h3-4,6-11,22H,5,12-16H2,1-2H3. The maximum Gasteiger partial charge on any atom is 0.267 e. The Morgan fingerprint density at radius 1 is 1.00 bits per heavy atom. The molecule has 1 unspecified atom stereocenters. The highest BCUT2D eigenvalue weighted by Gasteiger charge is 2.32. The number of ether oxygens (including phenoxy) is 2. The van der Waals surface area contributed by atoms with E-state index in [1.165, 1.54) is 5.56 Å². The number of aromatic nitrogens is 3. The first kappa shape index (κ1) is 21.9. The third-order valence-electron chi connectivity index (χ3n) is 6.52. The minimum atomic E-state index is -0.609. The predicted octanol–water partition coefficient (Wildman–Crippen LogP) is 3.98. The van der Waals surface area contributed by atoms with Crippen LogP contribution in [0.3, 0.4) is 0 Å². The highest BCUT2D eigenvalue weighted by Crippen LogP contribution is 2.34. The van der Waals surface area contributed by atoms with Gasteiger partial charge in [-0.1, -0.05) is 41.2 Å². The van der Waals surface area contributed by atoms with E-state index in [4.69, 9.17) is 19.6 Å². The van der Waals surface area contributed by atoms with Gasteiger partial charge in [-0.3, -0.25) is 4.79 Å². The summed E-state index contributed by atoms with van der Waals surface area (Å²) in [6.07, 6.45) is 0.261. The lowest BCUT2D eigenvalue weighted by molar-refractivity contribution is -0.141. The lowest BCUT2D eigenvalue weighted by Gasteiger charge is -2.30. The number of aryl methyl sites for hydroxylation is 2. The van der Waals surface area contributed by atoms with Gasteiger partial charge in [0.15, 0.2) is 22.3 Å². The molecule has 0 N–H and O–H groups in total. The summed E-state index contributed by atoms with van der Waals surface area (Å²) < 4.78 is 14.7. The average Bonchev–Trinajstić information content (AvgIpc) is 3.34. The molecule has 6 rings (SSSR count). The van der Waals surface area contributed by atoms with Gasteiger partial charge in [-0.15, -0.1) is 0 Å². The highest BCUT2D eigenvalue weighted by atomic mass is 32.1. The van der Waals surface area contributed by atoms with Crippen LogP contribution in [-0.2, 0) is 4.79 Å². The number of thiazole rings is 1. The van der Waals surface area contributed by atoms with Crippen LogP contribution in [0.1, 0.15) is 17.7 Å². The molecule has 1 amide bonds. The van der Waals surface area contributed by atoms with Crippen molar-refractivity contribution >= 4 is 32.7 Å². The second-order valence-corrected chi connectivity index (χ2v) is 9.99. The third kappa shape index (κ3) is 4.10. The van der Waals surface area contributed by atoms with Gasteiger partial charge in [-0.05, 0) is 44.5 Å². The van der Waals surface area contributed by atoms with Crippen molar-refractivity contribution in [2.45, 2.75) is 26.4 Å². The second kappa shape index (κ2) is 8.88. The van der Waals surface area contributed by atoms with Gasteiger partial charge in [0.2, 0.25) is 6.10 Å². The van der Waals surface area contributed by atoms with E-state index in [-0.39, 0.29) is 12.5 Å². The first-order chi connectivity index (χ1) is 17.1. The van der Waals surface area contributed by atoms with Crippen molar-refractivity contribution in [3.8, 4) is 17.2 Å². The van der Waals surface area contributed by atoms with E-state index in [2.05, 4.69) is 36.1 Å². The minimum absolute atomic E-state index is 0.0171. The topological polar surface area (TPSA) is 72.7 Å². The summed E-state index contributed by atoms with van der Waals surface area (Å²) in [5.41, 5.74) is 4.08. The number of hydrogen-bond acceptors (Lipinski definition) is 7. The molecule has 2 aliphatic heterocycles. The lowest BCUT2D eigenvalue weighted by Crippen LogP contribution is -2.47. The predicted molar refractivity (Wildman–Crippen MR) is 136 cm³/mol. The molecule has 4 heterocycles. The van der Waals surface area contributed by atoms with Crippen molar-refractivity contribution < 1.29 is 14.3 Å². The van der Waals surface area contributed by atoms with Gasteiger partial charge in [-0.2, -0.15) is 10.1 Å². The van der Waals surface area contributed by atoms with Crippen molar-refractivity contribution in [3.63, 3.8) is 0 Å². The van der Waals surface area contributed by atoms with Crippen LogP contribution in [-0.4, -0.2) is 64.5 Å². The number of hydrogen-bond donors (Lipinski definition) is 0. The van der Waals surface area contributed by atoms with E-state index in [0.717, 1.165) is 46.4 Å². The Hall–Kier alpha value is -3.59. The molecule has 35 heavy (non-hydrogen) atoms. The molecule has 1 saturated heterocycles. The Bertz CT molecular complexity index is 1380. The van der Waals surface area contributed by atoms with Crippen LogP contribution < -0.4 is 14.4 Å². The van der Waals surface area contributed by atoms with Crippen molar-refractivity contribution in [2.24, 2.45) is 0 Å². The zero-order valence-corrected chi connectivity index (χ0v) is 20.6. The Labute approximate surface area is 207 Å². The van der Waals surface area contributed by atoms with Gasteiger partial charge in [0.05, 0.1) is 16.1 Å². The first-order valence-corrected chi connectivity index (χ1v) is 12.7. The van der Waals surface area contributed by atoms with Crippen molar-refractivity contribution in [1.82, 2.24) is 19.7 Å². The van der Waals surface area contributed by atoms with Crippen molar-refractivity contribution in [2.75, 3.05) is 37.7 Å². The fourth-order valence-corrected chi connectivity index (χ4v) is 5.64. The van der Waals surface area contributed by atoms with Crippen LogP contribution in [0.2, 0.25) is 0 Å². The van der Waals surface area contributed by atoms with Gasteiger partial charge in [0.25, 0.3) is 5.91 Å². The van der Waals surface area contributed by atoms with Crippen LogP contribution in [0.5, 0.6) is 11.5 Å². The summed E-state index contributed by atoms with van der Waals surface area (Å²) in [7, 11) is 0. The number of amides is 1. The number of benzene rings is 2. The quantitative estimate of drug-likeness (QED) is 0.434. The van der Waals surface area contributed by atoms with E-state index in [1.54, 1.807) is 11.3 Å². The zero-order chi connectivity index (χ0) is 23.9. The van der Waals surface area contributed by atoms with Crippen LogP contribution in [0, 0.1) is 13.8 Å². The van der Waals surface area contributed by atoms with Gasteiger partial charge in [-0.25, -0.2) is 4.68 Å². The molecule has 0 radical (unpaired) electrons. The fourth-order valence-electron chi connectivity index (χ4n) is 4.60. The van der Waals surface area contributed by atoms with E-state index in [9.17, 15) is 4.79 Å². The summed E-state index contributed by atoms with van der Waals surface area (Å²) >= 11 is 1.67. The number of anilines is 1. The Morgan fingerprint density at radius 3 is 2.63 bits per heavy atom. The first-order valence-electron chi connectivity index (χ1n) is 11.9. The van der Waals surface area contributed by atoms with Crippen LogP contribution in [0.25, 0.3) is 16.0 Å². The van der Waals surface area contributed by atoms with Crippen LogP contribution in [0.15, 0.2) is 48.5 Å². The van der Waals surface area contributed by atoms with Crippen LogP contribution in [0.4, 0.5) is 5.13 Å². The van der Waals surface area contributed by atoms with E-state index >= 15 is 0 Å². The summed E-state index contributed by atoms with van der Waals surface area (Å²) in [5, 5.41) is 5.70. The molecule has 1 atom stereocenters. The smallest absolute Gasteiger partial charge is 0.267 e. The van der Waals surface area contributed by atoms with E-state index < -0.39 is 6.10 Å². The zero-order valence-electron chi connectivity index (χ0n) is 19.8. The van der Waals surface area contributed by atoms with Gasteiger partial charge >= 0.3 is 0 Å². The number of nitrogens with zero attached hydrogens (tertiary/aromatic N) is 5. The molecule has 9 heteroatoms. The Balaban J connectivity index is 1.18. The molecule has 180 valence electrons. The molecule has 8 nitrogen and oxygen atoms in total. The number of carbonyl (C=O) groups excluding carboxylic acids is 1. The number of carbonyl (C=O) groups is 1. The molecular formula is C26H27N5O3S. The van der Waals surface area contributed by atoms with Gasteiger partial charge in [0, 0.05) is 26.2 Å². The highest BCUT2D eigenvalue weighted by molar-refractivity contribution is 7.22. The number of fused-ring (bicyclic) bond motifs is 2. The molecule has 4 aromatic rings. The Kier molecular flexibility index (Phi) is 5.56. The molecule has 1 fully saturated rings. The maximum absolute atomic E-state index is 13.2. The van der Waals surface area contributed by atoms with Crippen molar-refractivity contribution in [1.29, 1.82) is 0 Å². The van der Waals surface area contributed by atoms with Crippen LogP contribution >= 0.6 is 11.3 Å². The lowest BCUT2D eigenvalue weighted by atomic mass is 10.2. The van der Waals surface area contributed by atoms with E-state index in [0.29, 0.717) is 24.6 Å². The largest absolute Gasteiger partial charge is 0.485 e. The molecule has 2 aromatic carbocycles.